The minimum atomic E-state index is -0.421. The molecule has 1 aliphatic heterocycles. The third kappa shape index (κ3) is 3.26. The first-order valence-corrected chi connectivity index (χ1v) is 9.12. The van der Waals surface area contributed by atoms with Crippen LogP contribution >= 0.6 is 11.6 Å². The van der Waals surface area contributed by atoms with E-state index in [1.165, 1.54) is 0 Å². The Kier molecular flexibility index (Phi) is 4.54. The number of amides is 2. The summed E-state index contributed by atoms with van der Waals surface area (Å²) in [6.07, 6.45) is 1.87. The maximum absolute atomic E-state index is 12.8. The van der Waals surface area contributed by atoms with Crippen molar-refractivity contribution in [1.29, 1.82) is 0 Å². The van der Waals surface area contributed by atoms with Crippen molar-refractivity contribution in [1.82, 2.24) is 4.98 Å². The van der Waals surface area contributed by atoms with Crippen LogP contribution in [-0.2, 0) is 9.59 Å². The van der Waals surface area contributed by atoms with E-state index in [0.717, 1.165) is 22.2 Å². The maximum atomic E-state index is 12.8. The van der Waals surface area contributed by atoms with Crippen molar-refractivity contribution < 1.29 is 9.59 Å². The molecule has 27 heavy (non-hydrogen) atoms. The number of carbonyl (C=O) groups is 2. The molecule has 1 N–H and O–H groups in total. The van der Waals surface area contributed by atoms with Crippen LogP contribution in [0.15, 0.2) is 54.7 Å². The summed E-state index contributed by atoms with van der Waals surface area (Å²) < 4.78 is 0. The number of aromatic nitrogens is 1. The van der Waals surface area contributed by atoms with Gasteiger partial charge < -0.3 is 10.2 Å². The van der Waals surface area contributed by atoms with Gasteiger partial charge in [0.1, 0.15) is 0 Å². The predicted octanol–water partition coefficient (Wildman–Crippen LogP) is 4.19. The van der Waals surface area contributed by atoms with E-state index >= 15 is 0 Å². The molecule has 6 heteroatoms. The van der Waals surface area contributed by atoms with Crippen LogP contribution in [0.4, 0.5) is 11.4 Å². The van der Waals surface area contributed by atoms with Gasteiger partial charge in [-0.05, 0) is 36.8 Å². The molecule has 1 aromatic heterocycles. The fourth-order valence-corrected chi connectivity index (χ4v) is 3.61. The minimum Gasteiger partial charge on any atom is -0.324 e. The molecule has 2 heterocycles. The van der Waals surface area contributed by atoms with Crippen LogP contribution in [0.3, 0.4) is 0 Å². The summed E-state index contributed by atoms with van der Waals surface area (Å²) in [6.45, 7) is 2.21. The van der Waals surface area contributed by atoms with Gasteiger partial charge in [-0.15, -0.1) is 0 Å². The molecule has 1 saturated heterocycles. The Bertz CT molecular complexity index is 1050. The van der Waals surface area contributed by atoms with E-state index in [-0.39, 0.29) is 18.2 Å². The lowest BCUT2D eigenvalue weighted by atomic mass is 10.1. The van der Waals surface area contributed by atoms with Crippen molar-refractivity contribution >= 4 is 45.7 Å². The highest BCUT2D eigenvalue weighted by molar-refractivity contribution is 6.31. The van der Waals surface area contributed by atoms with Crippen LogP contribution in [0.1, 0.15) is 12.0 Å². The zero-order chi connectivity index (χ0) is 19.0. The Labute approximate surface area is 162 Å². The first-order valence-electron chi connectivity index (χ1n) is 8.74. The molecule has 136 valence electrons. The Hall–Kier alpha value is -2.92. The normalized spacial score (nSPS) is 16.7. The monoisotopic (exact) mass is 379 g/mol. The average Bonchev–Trinajstić information content (AvgIpc) is 3.06. The summed E-state index contributed by atoms with van der Waals surface area (Å²) >= 11 is 6.18. The summed E-state index contributed by atoms with van der Waals surface area (Å²) in [6, 6.07) is 14.9. The van der Waals surface area contributed by atoms with Gasteiger partial charge in [-0.2, -0.15) is 0 Å². The van der Waals surface area contributed by atoms with E-state index in [9.17, 15) is 9.59 Å². The molecule has 0 aliphatic carbocycles. The minimum absolute atomic E-state index is 0.0726. The predicted molar refractivity (Wildman–Crippen MR) is 107 cm³/mol. The van der Waals surface area contributed by atoms with Gasteiger partial charge in [0.15, 0.2) is 0 Å². The SMILES string of the molecule is Cc1c(Cl)cccc1N1CC(C(=O)Nc2cccc3cccnc23)CC1=O. The molecular weight excluding hydrogens is 362 g/mol. The van der Waals surface area contributed by atoms with Crippen LogP contribution in [0.5, 0.6) is 0 Å². The Balaban J connectivity index is 1.55. The van der Waals surface area contributed by atoms with Gasteiger partial charge in [-0.25, -0.2) is 0 Å². The van der Waals surface area contributed by atoms with Crippen molar-refractivity contribution in [3.8, 4) is 0 Å². The van der Waals surface area contributed by atoms with E-state index in [1.807, 2.05) is 49.4 Å². The van der Waals surface area contributed by atoms with E-state index in [4.69, 9.17) is 11.6 Å². The number of benzene rings is 2. The van der Waals surface area contributed by atoms with Crippen molar-refractivity contribution in [2.45, 2.75) is 13.3 Å². The quantitative estimate of drug-likeness (QED) is 0.742. The zero-order valence-corrected chi connectivity index (χ0v) is 15.5. The molecule has 5 nitrogen and oxygen atoms in total. The fourth-order valence-electron chi connectivity index (χ4n) is 3.44. The van der Waals surface area contributed by atoms with Gasteiger partial charge in [-0.3, -0.25) is 14.6 Å². The van der Waals surface area contributed by atoms with Gasteiger partial charge in [0.25, 0.3) is 0 Å². The van der Waals surface area contributed by atoms with Crippen molar-refractivity contribution in [2.75, 3.05) is 16.8 Å². The number of nitrogens with one attached hydrogen (secondary N) is 1. The Morgan fingerprint density at radius 1 is 1.19 bits per heavy atom. The highest BCUT2D eigenvalue weighted by atomic mass is 35.5. The second-order valence-corrected chi connectivity index (χ2v) is 7.07. The first-order chi connectivity index (χ1) is 13.0. The molecule has 2 amide bonds. The zero-order valence-electron chi connectivity index (χ0n) is 14.8. The summed E-state index contributed by atoms with van der Waals surface area (Å²) in [7, 11) is 0. The van der Waals surface area contributed by atoms with Crippen LogP contribution in [0.2, 0.25) is 5.02 Å². The standard InChI is InChI=1S/C21H18ClN3O2/c1-13-16(22)7-3-9-18(13)25-12-15(11-19(25)26)21(27)24-17-8-2-5-14-6-4-10-23-20(14)17/h2-10,15H,11-12H2,1H3,(H,24,27). The molecule has 4 rings (SSSR count). The summed E-state index contributed by atoms with van der Waals surface area (Å²) in [4.78, 5) is 31.3. The van der Waals surface area contributed by atoms with Crippen LogP contribution < -0.4 is 10.2 Å². The Morgan fingerprint density at radius 2 is 1.96 bits per heavy atom. The lowest BCUT2D eigenvalue weighted by molar-refractivity contribution is -0.122. The molecule has 1 atom stereocenters. The van der Waals surface area contributed by atoms with Gasteiger partial charge in [0.2, 0.25) is 11.8 Å². The van der Waals surface area contributed by atoms with Crippen molar-refractivity contribution in [2.24, 2.45) is 5.92 Å². The summed E-state index contributed by atoms with van der Waals surface area (Å²) in [5.41, 5.74) is 2.99. The average molecular weight is 380 g/mol. The number of fused-ring (bicyclic) bond motifs is 1. The van der Waals surface area contributed by atoms with E-state index in [2.05, 4.69) is 10.3 Å². The Morgan fingerprint density at radius 3 is 2.81 bits per heavy atom. The number of hydrogen-bond acceptors (Lipinski definition) is 3. The van der Waals surface area contributed by atoms with Crippen LogP contribution in [0.25, 0.3) is 10.9 Å². The second kappa shape index (κ2) is 7.00. The highest BCUT2D eigenvalue weighted by Crippen LogP contribution is 2.32. The molecule has 0 saturated carbocycles. The lowest BCUT2D eigenvalue weighted by Crippen LogP contribution is -2.28. The smallest absolute Gasteiger partial charge is 0.229 e. The van der Waals surface area contributed by atoms with Gasteiger partial charge in [0.05, 0.1) is 17.1 Å². The number of carbonyl (C=O) groups excluding carboxylic acids is 2. The summed E-state index contributed by atoms with van der Waals surface area (Å²) in [5.74, 6) is -0.671. The molecular formula is C21H18ClN3O2. The summed E-state index contributed by atoms with van der Waals surface area (Å²) in [5, 5.41) is 4.50. The van der Waals surface area contributed by atoms with E-state index < -0.39 is 5.92 Å². The van der Waals surface area contributed by atoms with Crippen molar-refractivity contribution in [3.63, 3.8) is 0 Å². The molecule has 1 aliphatic rings. The number of rotatable bonds is 3. The first kappa shape index (κ1) is 17.5. The largest absolute Gasteiger partial charge is 0.324 e. The third-order valence-electron chi connectivity index (χ3n) is 4.92. The van der Waals surface area contributed by atoms with Crippen LogP contribution in [0, 0.1) is 12.8 Å². The number of hydrogen-bond donors (Lipinski definition) is 1. The molecule has 2 aromatic carbocycles. The van der Waals surface area contributed by atoms with E-state index in [0.29, 0.717) is 17.3 Å². The number of pyridine rings is 1. The van der Waals surface area contributed by atoms with E-state index in [1.54, 1.807) is 17.2 Å². The maximum Gasteiger partial charge on any atom is 0.229 e. The van der Waals surface area contributed by atoms with Gasteiger partial charge in [0, 0.05) is 35.3 Å². The topological polar surface area (TPSA) is 62.3 Å². The second-order valence-electron chi connectivity index (χ2n) is 6.66. The highest BCUT2D eigenvalue weighted by Gasteiger charge is 2.36. The number of anilines is 2. The molecule has 0 bridgehead atoms. The number of halogens is 1. The van der Waals surface area contributed by atoms with Crippen molar-refractivity contribution in [3.05, 3.63) is 65.3 Å². The van der Waals surface area contributed by atoms with Crippen LogP contribution in [-0.4, -0.2) is 23.3 Å². The fraction of sp³-hybridized carbons (Fsp3) is 0.190. The van der Waals surface area contributed by atoms with Gasteiger partial charge >= 0.3 is 0 Å². The third-order valence-corrected chi connectivity index (χ3v) is 5.33. The lowest BCUT2D eigenvalue weighted by Gasteiger charge is -2.19. The molecule has 0 radical (unpaired) electrons. The molecule has 1 fully saturated rings. The van der Waals surface area contributed by atoms with Gasteiger partial charge in [-0.1, -0.05) is 35.9 Å². The number of nitrogens with zero attached hydrogens (tertiary/aromatic N) is 2. The number of para-hydroxylation sites is 1. The molecule has 1 unspecified atom stereocenters. The molecule has 3 aromatic rings. The molecule has 0 spiro atoms.